The summed E-state index contributed by atoms with van der Waals surface area (Å²) in [6.45, 7) is 0. The van der Waals surface area contributed by atoms with Crippen molar-refractivity contribution in [1.29, 1.82) is 0 Å². The highest BCUT2D eigenvalue weighted by atomic mass is 32.2. The summed E-state index contributed by atoms with van der Waals surface area (Å²) >= 11 is 0. The molecule has 0 bridgehead atoms. The second kappa shape index (κ2) is 9.67. The lowest BCUT2D eigenvalue weighted by Gasteiger charge is -2.12. The van der Waals surface area contributed by atoms with E-state index in [-0.39, 0.29) is 5.75 Å². The van der Waals surface area contributed by atoms with Gasteiger partial charge >= 0.3 is 0 Å². The molecule has 0 aliphatic carbocycles. The highest BCUT2D eigenvalue weighted by molar-refractivity contribution is 7.82. The predicted octanol–water partition coefficient (Wildman–Crippen LogP) is 5.76. The van der Waals surface area contributed by atoms with Gasteiger partial charge in [-0.05, 0) is 48.5 Å². The molecular weight excluding hydrogens is 426 g/mol. The van der Waals surface area contributed by atoms with Crippen molar-refractivity contribution >= 4 is 38.9 Å². The summed E-state index contributed by atoms with van der Waals surface area (Å²) in [4.78, 5) is 5.40. The van der Waals surface area contributed by atoms with E-state index in [1.165, 1.54) is 0 Å². The number of anilines is 2. The van der Waals surface area contributed by atoms with Crippen molar-refractivity contribution in [3.63, 3.8) is 0 Å². The first-order valence-corrected chi connectivity index (χ1v) is 10.9. The molecule has 32 heavy (non-hydrogen) atoms. The normalized spacial score (nSPS) is 12.0. The summed E-state index contributed by atoms with van der Waals surface area (Å²) in [5, 5.41) is 14.2. The van der Waals surface area contributed by atoms with E-state index >= 15 is 0 Å². The topological polar surface area (TPSA) is 85.2 Å². The first-order chi connectivity index (χ1) is 15.6. The number of methoxy groups -OCH3 is 2. The quantitative estimate of drug-likeness (QED) is 0.373. The zero-order valence-electron chi connectivity index (χ0n) is 17.9. The average molecular weight is 450 g/mol. The van der Waals surface area contributed by atoms with Gasteiger partial charge in [-0.25, -0.2) is 0 Å². The van der Waals surface area contributed by atoms with Gasteiger partial charge in [-0.3, -0.25) is 4.98 Å². The lowest BCUT2D eigenvalue weighted by molar-refractivity contribution is 0.408. The minimum absolute atomic E-state index is 0.115. The molecular formula is C24H23N3O4S. The van der Waals surface area contributed by atoms with Crippen molar-refractivity contribution in [1.82, 2.24) is 4.98 Å². The Kier molecular flexibility index (Phi) is 6.53. The SMILES string of the molecule is COc1ccc(S(=Nc2ccc3nccc(Nc4cc(O)cc(OC)c4)c3c2)OC)cc1. The number of aromatic hydroxyl groups is 1. The monoisotopic (exact) mass is 449 g/mol. The third-order valence-electron chi connectivity index (χ3n) is 4.74. The number of aromatic nitrogens is 1. The third-order valence-corrected chi connectivity index (χ3v) is 6.11. The number of hydrogen-bond acceptors (Lipinski definition) is 7. The van der Waals surface area contributed by atoms with Gasteiger partial charge in [-0.2, -0.15) is 4.36 Å². The molecule has 7 nitrogen and oxygen atoms in total. The van der Waals surface area contributed by atoms with Crippen LogP contribution in [0.5, 0.6) is 17.2 Å². The number of hydrogen-bond donors (Lipinski definition) is 2. The Morgan fingerprint density at radius 3 is 2.38 bits per heavy atom. The van der Waals surface area contributed by atoms with E-state index in [2.05, 4.69) is 10.3 Å². The molecule has 1 heterocycles. The zero-order valence-corrected chi connectivity index (χ0v) is 18.7. The summed E-state index contributed by atoms with van der Waals surface area (Å²) in [5.41, 5.74) is 3.12. The molecule has 0 saturated heterocycles. The lowest BCUT2D eigenvalue weighted by atomic mass is 10.1. The van der Waals surface area contributed by atoms with Crippen LogP contribution in [0.4, 0.5) is 17.1 Å². The van der Waals surface area contributed by atoms with Gasteiger partial charge in [0.25, 0.3) is 0 Å². The largest absolute Gasteiger partial charge is 0.508 e. The van der Waals surface area contributed by atoms with Crippen LogP contribution in [0.15, 0.2) is 82.2 Å². The molecule has 0 fully saturated rings. The minimum Gasteiger partial charge on any atom is -0.508 e. The minimum atomic E-state index is -0.772. The molecule has 0 aliphatic rings. The van der Waals surface area contributed by atoms with Crippen molar-refractivity contribution in [2.24, 2.45) is 4.36 Å². The highest BCUT2D eigenvalue weighted by Crippen LogP contribution is 2.32. The van der Waals surface area contributed by atoms with Crippen LogP contribution >= 0.6 is 0 Å². The Balaban J connectivity index is 1.71. The van der Waals surface area contributed by atoms with Crippen LogP contribution in [0.2, 0.25) is 0 Å². The van der Waals surface area contributed by atoms with Gasteiger partial charge in [0.05, 0.1) is 43.5 Å². The molecule has 8 heteroatoms. The molecule has 3 aromatic carbocycles. The van der Waals surface area contributed by atoms with Gasteiger partial charge in [-0.15, -0.1) is 0 Å². The van der Waals surface area contributed by atoms with Crippen molar-refractivity contribution in [3.05, 3.63) is 72.9 Å². The second-order valence-electron chi connectivity index (χ2n) is 6.79. The van der Waals surface area contributed by atoms with Crippen LogP contribution in [0.3, 0.4) is 0 Å². The van der Waals surface area contributed by atoms with Gasteiger partial charge in [0.1, 0.15) is 17.2 Å². The van der Waals surface area contributed by atoms with E-state index in [1.54, 1.807) is 39.7 Å². The van der Waals surface area contributed by atoms with Crippen LogP contribution in [0, 0.1) is 0 Å². The van der Waals surface area contributed by atoms with Crippen molar-refractivity contribution in [2.45, 2.75) is 4.90 Å². The summed E-state index contributed by atoms with van der Waals surface area (Å²) < 4.78 is 20.9. The third kappa shape index (κ3) is 4.82. The number of nitrogens with one attached hydrogen (secondary N) is 1. The van der Waals surface area contributed by atoms with E-state index in [4.69, 9.17) is 18.0 Å². The fourth-order valence-electron chi connectivity index (χ4n) is 3.20. The Hall–Kier alpha value is -3.62. The maximum absolute atomic E-state index is 9.96. The average Bonchev–Trinajstić information content (AvgIpc) is 2.82. The maximum atomic E-state index is 9.96. The lowest BCUT2D eigenvalue weighted by Crippen LogP contribution is -1.95. The molecule has 4 aromatic rings. The number of nitrogens with zero attached hydrogens (tertiary/aromatic N) is 2. The number of rotatable bonds is 7. The zero-order chi connectivity index (χ0) is 22.5. The maximum Gasteiger partial charge on any atom is 0.124 e. The first-order valence-electron chi connectivity index (χ1n) is 9.78. The Morgan fingerprint density at radius 2 is 1.66 bits per heavy atom. The molecule has 2 N–H and O–H groups in total. The standard InChI is InChI=1S/C24H23N3O4S/c1-29-19-5-7-21(8-6-19)32(31-3)27-16-4-9-23-22(14-16)24(10-11-25-23)26-17-12-18(28)15-20(13-17)30-2/h4-15,28H,1-3H3,(H,25,26). The molecule has 0 saturated carbocycles. The molecule has 0 aliphatic heterocycles. The molecule has 4 rings (SSSR count). The summed E-state index contributed by atoms with van der Waals surface area (Å²) in [5.74, 6) is 1.46. The smallest absolute Gasteiger partial charge is 0.124 e. The molecule has 164 valence electrons. The van der Waals surface area contributed by atoms with E-state index in [9.17, 15) is 5.11 Å². The Bertz CT molecular complexity index is 1280. The summed E-state index contributed by atoms with van der Waals surface area (Å²) in [7, 11) is 4.06. The molecule has 1 atom stereocenters. The molecule has 1 unspecified atom stereocenters. The van der Waals surface area contributed by atoms with E-state index in [0.717, 1.165) is 32.9 Å². The van der Waals surface area contributed by atoms with Crippen LogP contribution in [-0.2, 0) is 15.2 Å². The van der Waals surface area contributed by atoms with Gasteiger partial charge in [0, 0.05) is 46.1 Å². The molecule has 1 aromatic heterocycles. The van der Waals surface area contributed by atoms with E-state index < -0.39 is 11.0 Å². The number of phenols is 1. The predicted molar refractivity (Wildman–Crippen MR) is 127 cm³/mol. The second-order valence-corrected chi connectivity index (χ2v) is 8.27. The van der Waals surface area contributed by atoms with Gasteiger partial charge < -0.3 is 24.1 Å². The van der Waals surface area contributed by atoms with Gasteiger partial charge in [0.15, 0.2) is 0 Å². The van der Waals surface area contributed by atoms with Crippen LogP contribution in [-0.4, -0.2) is 31.4 Å². The molecule has 0 radical (unpaired) electrons. The van der Waals surface area contributed by atoms with E-state index in [1.807, 2.05) is 54.6 Å². The fraction of sp³-hybridized carbons (Fsp3) is 0.125. The van der Waals surface area contributed by atoms with Crippen LogP contribution < -0.4 is 14.8 Å². The number of benzene rings is 3. The number of fused-ring (bicyclic) bond motifs is 1. The highest BCUT2D eigenvalue weighted by Gasteiger charge is 2.08. The summed E-state index contributed by atoms with van der Waals surface area (Å²) in [6, 6.07) is 20.3. The fourth-order valence-corrected chi connectivity index (χ4v) is 4.25. The Morgan fingerprint density at radius 1 is 0.875 bits per heavy atom. The van der Waals surface area contributed by atoms with Crippen molar-refractivity contribution in [2.75, 3.05) is 26.6 Å². The van der Waals surface area contributed by atoms with Gasteiger partial charge in [0.2, 0.25) is 0 Å². The number of phenolic OH excluding ortho intramolecular Hbond substituents is 1. The number of ether oxygens (including phenoxy) is 2. The summed E-state index contributed by atoms with van der Waals surface area (Å²) in [6.07, 6.45) is 1.73. The van der Waals surface area contributed by atoms with E-state index in [0.29, 0.717) is 11.4 Å². The van der Waals surface area contributed by atoms with Crippen LogP contribution in [0.1, 0.15) is 0 Å². The van der Waals surface area contributed by atoms with Crippen molar-refractivity contribution < 1.29 is 18.8 Å². The van der Waals surface area contributed by atoms with Crippen molar-refractivity contribution in [3.8, 4) is 17.2 Å². The molecule has 0 spiro atoms. The number of pyridine rings is 1. The first kappa shape index (κ1) is 21.6. The molecule has 0 amide bonds. The Labute approximate surface area is 188 Å². The van der Waals surface area contributed by atoms with Crippen LogP contribution in [0.25, 0.3) is 10.9 Å². The van der Waals surface area contributed by atoms with Gasteiger partial charge in [-0.1, -0.05) is 0 Å².